The summed E-state index contributed by atoms with van der Waals surface area (Å²) in [5.74, 6) is 0.630. The summed E-state index contributed by atoms with van der Waals surface area (Å²) < 4.78 is 34.6. The van der Waals surface area contributed by atoms with Crippen LogP contribution in [-0.2, 0) is 23.1 Å². The van der Waals surface area contributed by atoms with Gasteiger partial charge in [-0.15, -0.1) is 0 Å². The Kier molecular flexibility index (Phi) is 7.73. The number of carbonyl (C=O) groups excluding carboxylic acids is 1. The van der Waals surface area contributed by atoms with Gasteiger partial charge in [0.1, 0.15) is 10.6 Å². The first-order valence-corrected chi connectivity index (χ1v) is 14.1. The minimum absolute atomic E-state index is 0.0620. The minimum atomic E-state index is -3.95. The molecule has 0 saturated carbocycles. The Morgan fingerprint density at radius 1 is 1.00 bits per heavy atom. The zero-order valence-corrected chi connectivity index (χ0v) is 22.4. The first-order chi connectivity index (χ1) is 18.9. The van der Waals surface area contributed by atoms with E-state index in [0.29, 0.717) is 55.1 Å². The normalized spacial score (nSPS) is 14.4. The molecule has 5 rings (SSSR count). The van der Waals surface area contributed by atoms with Crippen LogP contribution in [-0.4, -0.2) is 67.4 Å². The molecular formula is C28H30N6O4S. The Balaban J connectivity index is 1.28. The van der Waals surface area contributed by atoms with Gasteiger partial charge in [0.15, 0.2) is 0 Å². The van der Waals surface area contributed by atoms with E-state index in [4.69, 9.17) is 10.5 Å². The predicted octanol–water partition coefficient (Wildman–Crippen LogP) is 2.86. The number of benzene rings is 2. The number of pyridine rings is 2. The van der Waals surface area contributed by atoms with Gasteiger partial charge in [-0.1, -0.05) is 18.2 Å². The van der Waals surface area contributed by atoms with Gasteiger partial charge in [0.05, 0.1) is 24.0 Å². The molecule has 1 aliphatic heterocycles. The van der Waals surface area contributed by atoms with Crippen LogP contribution in [0.3, 0.4) is 0 Å². The van der Waals surface area contributed by atoms with E-state index in [1.54, 1.807) is 54.7 Å². The number of fused-ring (bicyclic) bond motifs is 1. The van der Waals surface area contributed by atoms with Crippen LogP contribution < -0.4 is 15.2 Å². The zero-order chi connectivity index (χ0) is 27.4. The monoisotopic (exact) mass is 546 g/mol. The summed E-state index contributed by atoms with van der Waals surface area (Å²) in [6, 6.07) is 17.2. The Morgan fingerprint density at radius 3 is 2.51 bits per heavy atom. The summed E-state index contributed by atoms with van der Waals surface area (Å²) in [4.78, 5) is 26.1. The number of aromatic nitrogens is 2. The standard InChI is InChI=1S/C28H30N6O4S/c1-38-25-7-4-11-30-24(25)19-33-13-15-34(16-14-33)28(35)21-9-10-23(22(17-21)18-29)32-39(36,37)26-8-2-5-20-6-3-12-31-27(20)26/h2-12,17,32H,13-16,18-19,29H2,1H3. The lowest BCUT2D eigenvalue weighted by Crippen LogP contribution is -2.48. The molecule has 0 atom stereocenters. The largest absolute Gasteiger partial charge is 0.495 e. The van der Waals surface area contributed by atoms with Crippen molar-refractivity contribution in [3.63, 3.8) is 0 Å². The molecule has 0 spiro atoms. The van der Waals surface area contributed by atoms with Crippen molar-refractivity contribution < 1.29 is 17.9 Å². The van der Waals surface area contributed by atoms with Crippen LogP contribution in [0, 0.1) is 0 Å². The van der Waals surface area contributed by atoms with Crippen molar-refractivity contribution in [2.45, 2.75) is 18.0 Å². The van der Waals surface area contributed by atoms with Crippen molar-refractivity contribution in [2.24, 2.45) is 5.73 Å². The van der Waals surface area contributed by atoms with Gasteiger partial charge in [-0.2, -0.15) is 0 Å². The molecule has 2 aromatic carbocycles. The summed E-state index contributed by atoms with van der Waals surface area (Å²) in [5.41, 5.74) is 8.53. The quantitative estimate of drug-likeness (QED) is 0.345. The topological polar surface area (TPSA) is 131 Å². The molecule has 39 heavy (non-hydrogen) atoms. The maximum absolute atomic E-state index is 13.3. The van der Waals surface area contributed by atoms with Gasteiger partial charge in [-0.25, -0.2) is 8.42 Å². The minimum Gasteiger partial charge on any atom is -0.495 e. The summed E-state index contributed by atoms with van der Waals surface area (Å²) in [6.07, 6.45) is 3.30. The molecule has 3 N–H and O–H groups in total. The molecule has 11 heteroatoms. The molecule has 202 valence electrons. The highest BCUT2D eigenvalue weighted by molar-refractivity contribution is 7.93. The van der Waals surface area contributed by atoms with Crippen LogP contribution in [0.4, 0.5) is 5.69 Å². The van der Waals surface area contributed by atoms with Crippen LogP contribution in [0.1, 0.15) is 21.6 Å². The van der Waals surface area contributed by atoms with Gasteiger partial charge in [0.25, 0.3) is 15.9 Å². The molecule has 0 aliphatic carbocycles. The zero-order valence-electron chi connectivity index (χ0n) is 21.6. The van der Waals surface area contributed by atoms with Crippen molar-refractivity contribution in [3.05, 3.63) is 89.9 Å². The molecule has 1 amide bonds. The Labute approximate surface area is 227 Å². The lowest BCUT2D eigenvalue weighted by atomic mass is 10.1. The number of hydrogen-bond donors (Lipinski definition) is 2. The number of nitrogens with one attached hydrogen (secondary N) is 1. The number of nitrogens with two attached hydrogens (primary N) is 1. The highest BCUT2D eigenvalue weighted by Gasteiger charge is 2.25. The van der Waals surface area contributed by atoms with E-state index in [0.717, 1.165) is 16.8 Å². The van der Waals surface area contributed by atoms with E-state index >= 15 is 0 Å². The van der Waals surface area contributed by atoms with Crippen molar-refractivity contribution in [3.8, 4) is 5.75 Å². The fraction of sp³-hybridized carbons (Fsp3) is 0.250. The summed E-state index contributed by atoms with van der Waals surface area (Å²) >= 11 is 0. The highest BCUT2D eigenvalue weighted by Crippen LogP contribution is 2.26. The van der Waals surface area contributed by atoms with Crippen molar-refractivity contribution in [1.82, 2.24) is 19.8 Å². The van der Waals surface area contributed by atoms with Crippen LogP contribution in [0.15, 0.2) is 78.0 Å². The second-order valence-corrected chi connectivity index (χ2v) is 10.9. The number of ether oxygens (including phenoxy) is 1. The van der Waals surface area contributed by atoms with E-state index in [-0.39, 0.29) is 17.3 Å². The maximum Gasteiger partial charge on any atom is 0.264 e. The van der Waals surface area contributed by atoms with E-state index in [1.165, 1.54) is 6.07 Å². The second-order valence-electron chi connectivity index (χ2n) is 9.23. The third-order valence-electron chi connectivity index (χ3n) is 6.80. The smallest absolute Gasteiger partial charge is 0.264 e. The molecule has 0 bridgehead atoms. The van der Waals surface area contributed by atoms with Gasteiger partial charge in [0.2, 0.25) is 0 Å². The molecule has 2 aromatic heterocycles. The lowest BCUT2D eigenvalue weighted by molar-refractivity contribution is 0.0626. The number of nitrogens with zero attached hydrogens (tertiary/aromatic N) is 4. The number of anilines is 1. The molecule has 1 aliphatic rings. The molecule has 10 nitrogen and oxygen atoms in total. The van der Waals surface area contributed by atoms with Gasteiger partial charge in [-0.3, -0.25) is 24.4 Å². The molecular weight excluding hydrogens is 516 g/mol. The third-order valence-corrected chi connectivity index (χ3v) is 8.20. The fourth-order valence-corrected chi connectivity index (χ4v) is 6.00. The van der Waals surface area contributed by atoms with Crippen molar-refractivity contribution in [2.75, 3.05) is 38.0 Å². The molecule has 1 fully saturated rings. The second kappa shape index (κ2) is 11.4. The highest BCUT2D eigenvalue weighted by atomic mass is 32.2. The Morgan fingerprint density at radius 2 is 1.74 bits per heavy atom. The van der Waals surface area contributed by atoms with Crippen molar-refractivity contribution in [1.29, 1.82) is 0 Å². The van der Waals surface area contributed by atoms with Gasteiger partial charge in [0, 0.05) is 62.6 Å². The maximum atomic E-state index is 13.3. The molecule has 0 radical (unpaired) electrons. The predicted molar refractivity (Wildman–Crippen MR) is 149 cm³/mol. The number of methoxy groups -OCH3 is 1. The number of sulfonamides is 1. The van der Waals surface area contributed by atoms with E-state index in [1.807, 2.05) is 24.3 Å². The van der Waals surface area contributed by atoms with Crippen LogP contribution in [0.2, 0.25) is 0 Å². The fourth-order valence-electron chi connectivity index (χ4n) is 4.72. The summed E-state index contributed by atoms with van der Waals surface area (Å²) in [7, 11) is -2.32. The first kappa shape index (κ1) is 26.5. The molecule has 1 saturated heterocycles. The number of hydrogen-bond acceptors (Lipinski definition) is 8. The summed E-state index contributed by atoms with van der Waals surface area (Å²) in [5, 5.41) is 0.722. The van der Waals surface area contributed by atoms with Crippen molar-refractivity contribution >= 4 is 32.5 Å². The number of amides is 1. The number of carbonyl (C=O) groups is 1. The van der Waals surface area contributed by atoms with E-state index in [9.17, 15) is 13.2 Å². The molecule has 4 aromatic rings. The third kappa shape index (κ3) is 5.70. The first-order valence-electron chi connectivity index (χ1n) is 12.6. The van der Waals surface area contributed by atoms with Crippen LogP contribution in [0.5, 0.6) is 5.75 Å². The number of rotatable bonds is 8. The van der Waals surface area contributed by atoms with Gasteiger partial charge < -0.3 is 15.4 Å². The Bertz CT molecular complexity index is 1600. The molecule has 0 unspecified atom stereocenters. The molecule has 3 heterocycles. The SMILES string of the molecule is COc1cccnc1CN1CCN(C(=O)c2ccc(NS(=O)(=O)c3cccc4cccnc34)c(CN)c2)CC1. The van der Waals surface area contributed by atoms with E-state index < -0.39 is 10.0 Å². The van der Waals surface area contributed by atoms with E-state index in [2.05, 4.69) is 19.6 Å². The number of piperazine rings is 1. The average molecular weight is 547 g/mol. The Hall–Kier alpha value is -4.06. The lowest BCUT2D eigenvalue weighted by Gasteiger charge is -2.34. The average Bonchev–Trinajstić information content (AvgIpc) is 2.97. The van der Waals surface area contributed by atoms with Crippen LogP contribution >= 0.6 is 0 Å². The van der Waals surface area contributed by atoms with Crippen LogP contribution in [0.25, 0.3) is 10.9 Å². The number of para-hydroxylation sites is 1. The van der Waals surface area contributed by atoms with Gasteiger partial charge >= 0.3 is 0 Å². The van der Waals surface area contributed by atoms with Gasteiger partial charge in [-0.05, 0) is 48.0 Å². The summed E-state index contributed by atoms with van der Waals surface area (Å²) in [6.45, 7) is 3.23.